The molecule has 6 heteroatoms. The van der Waals surface area contributed by atoms with E-state index in [4.69, 9.17) is 0 Å². The van der Waals surface area contributed by atoms with Crippen LogP contribution in [0, 0.1) is 23.2 Å². The highest BCUT2D eigenvalue weighted by atomic mass is 19.4. The Balaban J connectivity index is 1.58. The third kappa shape index (κ3) is 2.78. The minimum Gasteiger partial charge on any atom is -0.362 e. The molecule has 0 amide bonds. The Morgan fingerprint density at radius 3 is 2.72 bits per heavy atom. The second-order valence-corrected chi connectivity index (χ2v) is 8.26. The van der Waals surface area contributed by atoms with Crippen molar-refractivity contribution in [2.24, 2.45) is 23.2 Å². The molecule has 0 radical (unpaired) electrons. The highest BCUT2D eigenvalue weighted by Gasteiger charge is 2.55. The molecule has 4 aliphatic rings. The van der Waals surface area contributed by atoms with Gasteiger partial charge in [-0.25, -0.2) is 0 Å². The Labute approximate surface area is 144 Å². The maximum Gasteiger partial charge on any atom is 0.525 e. The molecule has 25 heavy (non-hydrogen) atoms. The first-order chi connectivity index (χ1) is 11.6. The van der Waals surface area contributed by atoms with Gasteiger partial charge in [0.2, 0.25) is 0 Å². The molecule has 0 bridgehead atoms. The number of alkyl halides is 3. The fourth-order valence-electron chi connectivity index (χ4n) is 5.85. The van der Waals surface area contributed by atoms with Crippen LogP contribution < -0.4 is 0 Å². The Bertz CT molecular complexity index is 665. The summed E-state index contributed by atoms with van der Waals surface area (Å²) in [5.74, 6) is -0.824. The number of aliphatic hydroxyl groups is 1. The molecule has 0 aromatic carbocycles. The molecule has 5 atom stereocenters. The van der Waals surface area contributed by atoms with Crippen LogP contribution in [0.5, 0.6) is 0 Å². The van der Waals surface area contributed by atoms with E-state index in [-0.39, 0.29) is 11.8 Å². The largest absolute Gasteiger partial charge is 0.525 e. The second-order valence-electron chi connectivity index (χ2n) is 8.26. The number of hydrogen-bond donors (Lipinski definition) is 1. The van der Waals surface area contributed by atoms with Gasteiger partial charge in [0.25, 0.3) is 0 Å². The number of rotatable bonds is 1. The molecule has 0 heterocycles. The van der Waals surface area contributed by atoms with Crippen molar-refractivity contribution in [3.63, 3.8) is 0 Å². The summed E-state index contributed by atoms with van der Waals surface area (Å²) in [6.45, 7) is 2.10. The van der Waals surface area contributed by atoms with Crippen molar-refractivity contribution in [1.82, 2.24) is 0 Å². The van der Waals surface area contributed by atoms with Gasteiger partial charge < -0.3 is 5.11 Å². The predicted molar refractivity (Wildman–Crippen MR) is 84.2 cm³/mol. The molecule has 4 rings (SSSR count). The first-order valence-electron chi connectivity index (χ1n) is 9.06. The molecule has 0 aromatic heterocycles. The van der Waals surface area contributed by atoms with E-state index in [1.165, 1.54) is 6.08 Å². The summed E-state index contributed by atoms with van der Waals surface area (Å²) in [6.07, 6.45) is 2.78. The first-order valence-corrected chi connectivity index (χ1v) is 9.06. The van der Waals surface area contributed by atoms with Crippen molar-refractivity contribution in [2.45, 2.75) is 64.0 Å². The Morgan fingerprint density at radius 1 is 1.24 bits per heavy atom. The van der Waals surface area contributed by atoms with Crippen molar-refractivity contribution in [2.75, 3.05) is 0 Å². The summed E-state index contributed by atoms with van der Waals surface area (Å²) in [5, 5.41) is 10.2. The molecule has 3 saturated carbocycles. The lowest BCUT2D eigenvalue weighted by Crippen LogP contribution is -2.45. The van der Waals surface area contributed by atoms with E-state index in [0.717, 1.165) is 36.8 Å². The fraction of sp³-hybridized carbons (Fsp3) is 0.737. The molecule has 0 saturated heterocycles. The fourth-order valence-corrected chi connectivity index (χ4v) is 5.85. The molecule has 0 aliphatic heterocycles. The topological polar surface area (TPSA) is 46.5 Å². The number of allylic oxidation sites excluding steroid dienone is 2. The highest BCUT2D eigenvalue weighted by Crippen LogP contribution is 2.60. The van der Waals surface area contributed by atoms with Crippen molar-refractivity contribution in [1.29, 1.82) is 0 Å². The van der Waals surface area contributed by atoms with Crippen LogP contribution in [0.3, 0.4) is 0 Å². The van der Waals surface area contributed by atoms with Gasteiger partial charge in [-0.2, -0.15) is 0 Å². The maximum absolute atomic E-state index is 12.5. The summed E-state index contributed by atoms with van der Waals surface area (Å²) >= 11 is 0. The van der Waals surface area contributed by atoms with Crippen LogP contribution in [-0.4, -0.2) is 23.0 Å². The standard InChI is InChI=1S/C19H23F3O3/c1-17-8-6-13-12-7-9-18(24,25-19(20,21)22)10-11(12)2-3-14(13)15(17)4-5-16(17)23/h7,10,13-15,24H,2-6,8-9H2,1H3/t13-,14-,15+,17+,18?/m1/s1. The van der Waals surface area contributed by atoms with Crippen LogP contribution >= 0.6 is 0 Å². The highest BCUT2D eigenvalue weighted by molar-refractivity contribution is 5.87. The smallest absolute Gasteiger partial charge is 0.362 e. The second kappa shape index (κ2) is 5.43. The average molecular weight is 356 g/mol. The lowest BCUT2D eigenvalue weighted by molar-refractivity contribution is -0.395. The molecule has 0 spiro atoms. The zero-order valence-electron chi connectivity index (χ0n) is 14.2. The number of carbonyl (C=O) groups excluding carboxylic acids is 1. The van der Waals surface area contributed by atoms with E-state index >= 15 is 0 Å². The summed E-state index contributed by atoms with van der Waals surface area (Å²) in [6, 6.07) is 0. The molecule has 3 fully saturated rings. The minimum atomic E-state index is -4.87. The molecule has 4 aliphatic carbocycles. The van der Waals surface area contributed by atoms with E-state index in [1.807, 2.05) is 0 Å². The van der Waals surface area contributed by atoms with Gasteiger partial charge >= 0.3 is 6.36 Å². The molecular formula is C19H23F3O3. The number of Topliss-reactive ketones (excluding diaryl/α,β-unsaturated/α-hetero) is 1. The number of hydrogen-bond acceptors (Lipinski definition) is 3. The lowest BCUT2D eigenvalue weighted by atomic mass is 9.54. The van der Waals surface area contributed by atoms with E-state index in [9.17, 15) is 23.1 Å². The zero-order chi connectivity index (χ0) is 18.0. The van der Waals surface area contributed by atoms with Crippen LogP contribution in [0.25, 0.3) is 0 Å². The van der Waals surface area contributed by atoms with Gasteiger partial charge in [0.05, 0.1) is 0 Å². The quantitative estimate of drug-likeness (QED) is 0.714. The van der Waals surface area contributed by atoms with E-state index in [2.05, 4.69) is 11.7 Å². The van der Waals surface area contributed by atoms with Crippen LogP contribution in [0.2, 0.25) is 0 Å². The third-order valence-electron chi connectivity index (χ3n) is 6.97. The van der Waals surface area contributed by atoms with E-state index < -0.39 is 12.1 Å². The Kier molecular flexibility index (Phi) is 3.75. The monoisotopic (exact) mass is 356 g/mol. The number of fused-ring (bicyclic) bond motifs is 5. The van der Waals surface area contributed by atoms with Gasteiger partial charge in [-0.3, -0.25) is 9.53 Å². The van der Waals surface area contributed by atoms with Crippen LogP contribution in [-0.2, 0) is 9.53 Å². The number of ether oxygens (including phenoxy) is 1. The number of halogens is 3. The summed E-state index contributed by atoms with van der Waals surface area (Å²) in [5.41, 5.74) is 1.65. The predicted octanol–water partition coefficient (Wildman–Crippen LogP) is 4.27. The lowest BCUT2D eigenvalue weighted by Gasteiger charge is -2.50. The van der Waals surface area contributed by atoms with Gasteiger partial charge in [0, 0.05) is 18.3 Å². The van der Waals surface area contributed by atoms with E-state index in [1.54, 1.807) is 6.08 Å². The summed E-state index contributed by atoms with van der Waals surface area (Å²) < 4.78 is 41.6. The van der Waals surface area contributed by atoms with Crippen molar-refractivity contribution in [3.05, 3.63) is 23.3 Å². The molecule has 0 aromatic rings. The number of carbonyl (C=O) groups is 1. The average Bonchev–Trinajstić information content (AvgIpc) is 2.80. The van der Waals surface area contributed by atoms with Crippen LogP contribution in [0.4, 0.5) is 13.2 Å². The Hall–Kier alpha value is -1.14. The normalized spacial score (nSPS) is 43.7. The van der Waals surface area contributed by atoms with Crippen LogP contribution in [0.1, 0.15) is 51.9 Å². The zero-order valence-corrected chi connectivity index (χ0v) is 14.2. The third-order valence-corrected chi connectivity index (χ3v) is 6.97. The van der Waals surface area contributed by atoms with Crippen molar-refractivity contribution in [3.8, 4) is 0 Å². The molecule has 3 nitrogen and oxygen atoms in total. The van der Waals surface area contributed by atoms with Gasteiger partial charge in [-0.1, -0.05) is 13.0 Å². The van der Waals surface area contributed by atoms with Crippen molar-refractivity contribution < 1.29 is 27.8 Å². The van der Waals surface area contributed by atoms with Gasteiger partial charge in [0.15, 0.2) is 5.79 Å². The Morgan fingerprint density at radius 2 is 2.00 bits per heavy atom. The molecular weight excluding hydrogens is 333 g/mol. The van der Waals surface area contributed by atoms with Crippen molar-refractivity contribution >= 4 is 5.78 Å². The van der Waals surface area contributed by atoms with Crippen LogP contribution in [0.15, 0.2) is 23.3 Å². The SMILES string of the molecule is C[C@]12CC[C@@H]3C4=CCC(O)(OC(F)(F)F)C=C4CC[C@H]3[C@@H]1CCC2=O. The van der Waals surface area contributed by atoms with Gasteiger partial charge in [0.1, 0.15) is 5.78 Å². The van der Waals surface area contributed by atoms with Gasteiger partial charge in [-0.15, -0.1) is 13.2 Å². The molecule has 1 unspecified atom stereocenters. The number of ketones is 1. The summed E-state index contributed by atoms with van der Waals surface area (Å²) in [4.78, 5) is 12.3. The first kappa shape index (κ1) is 17.3. The maximum atomic E-state index is 12.5. The minimum absolute atomic E-state index is 0.185. The molecule has 1 N–H and O–H groups in total. The summed E-state index contributed by atoms with van der Waals surface area (Å²) in [7, 11) is 0. The molecule has 138 valence electrons. The van der Waals surface area contributed by atoms with E-state index in [0.29, 0.717) is 36.4 Å². The van der Waals surface area contributed by atoms with Gasteiger partial charge in [-0.05, 0) is 67.1 Å².